The molecular formula is C17H24N2S. The molecule has 1 aromatic carbocycles. The maximum Gasteiger partial charge on any atom is 0.0813 e. The van der Waals surface area contributed by atoms with E-state index in [0.29, 0.717) is 6.04 Å². The van der Waals surface area contributed by atoms with E-state index in [1.54, 1.807) is 11.3 Å². The van der Waals surface area contributed by atoms with E-state index in [1.165, 1.54) is 42.5 Å². The van der Waals surface area contributed by atoms with Crippen LogP contribution in [0.4, 0.5) is 5.69 Å². The van der Waals surface area contributed by atoms with Gasteiger partial charge in [0.25, 0.3) is 0 Å². The zero-order chi connectivity index (χ0) is 13.9. The quantitative estimate of drug-likeness (QED) is 0.824. The maximum absolute atomic E-state index is 4.34. The Hall–Kier alpha value is -1.09. The van der Waals surface area contributed by atoms with Crippen molar-refractivity contribution in [3.8, 4) is 0 Å². The van der Waals surface area contributed by atoms with Gasteiger partial charge in [-0.05, 0) is 49.3 Å². The van der Waals surface area contributed by atoms with Crippen molar-refractivity contribution in [2.75, 3.05) is 5.32 Å². The van der Waals surface area contributed by atoms with Crippen LogP contribution < -0.4 is 5.32 Å². The molecule has 1 aliphatic rings. The lowest BCUT2D eigenvalue weighted by molar-refractivity contribution is 0.289. The fraction of sp³-hybridized carbons (Fsp3) is 0.588. The molecule has 0 spiro atoms. The Kier molecular flexibility index (Phi) is 4.25. The van der Waals surface area contributed by atoms with Gasteiger partial charge in [-0.15, -0.1) is 11.3 Å². The van der Waals surface area contributed by atoms with E-state index >= 15 is 0 Å². The van der Waals surface area contributed by atoms with Gasteiger partial charge in [-0.25, -0.2) is 4.98 Å². The molecule has 2 aromatic rings. The third-order valence-electron chi connectivity index (χ3n) is 4.29. The second-order valence-corrected chi connectivity index (χ2v) is 7.42. The summed E-state index contributed by atoms with van der Waals surface area (Å²) in [6, 6.07) is 7.20. The van der Waals surface area contributed by atoms with Crippen molar-refractivity contribution in [1.82, 2.24) is 4.98 Å². The van der Waals surface area contributed by atoms with Crippen molar-refractivity contribution < 1.29 is 0 Å². The highest BCUT2D eigenvalue weighted by Crippen LogP contribution is 2.31. The maximum atomic E-state index is 4.34. The van der Waals surface area contributed by atoms with Crippen molar-refractivity contribution >= 4 is 27.2 Å². The highest BCUT2D eigenvalue weighted by molar-refractivity contribution is 7.16. The fourth-order valence-electron chi connectivity index (χ4n) is 3.48. The molecule has 0 aliphatic heterocycles. The Morgan fingerprint density at radius 1 is 1.35 bits per heavy atom. The third kappa shape index (κ3) is 3.32. The fourth-order valence-corrected chi connectivity index (χ4v) is 4.20. The van der Waals surface area contributed by atoms with Crippen LogP contribution in [0.1, 0.15) is 46.0 Å². The summed E-state index contributed by atoms with van der Waals surface area (Å²) in [5.41, 5.74) is 4.30. The minimum atomic E-state index is 0.651. The van der Waals surface area contributed by atoms with Gasteiger partial charge in [0.15, 0.2) is 0 Å². The molecule has 3 rings (SSSR count). The first kappa shape index (κ1) is 13.9. The summed E-state index contributed by atoms with van der Waals surface area (Å²) in [6.07, 6.45) is 6.82. The normalized spacial score (nSPS) is 23.4. The van der Waals surface area contributed by atoms with E-state index in [-0.39, 0.29) is 0 Å². The molecule has 1 aliphatic carbocycles. The zero-order valence-corrected chi connectivity index (χ0v) is 13.2. The van der Waals surface area contributed by atoms with E-state index in [9.17, 15) is 0 Å². The predicted molar refractivity (Wildman–Crippen MR) is 88.4 cm³/mol. The Morgan fingerprint density at radius 2 is 2.25 bits per heavy atom. The number of thiazole rings is 1. The van der Waals surface area contributed by atoms with Crippen LogP contribution in [0.5, 0.6) is 0 Å². The predicted octanol–water partition coefficient (Wildman–Crippen LogP) is 5.31. The number of nitrogens with one attached hydrogen (secondary N) is 1. The summed E-state index contributed by atoms with van der Waals surface area (Å²) in [6.45, 7) is 4.68. The third-order valence-corrected chi connectivity index (χ3v) is 5.08. The Morgan fingerprint density at radius 3 is 3.10 bits per heavy atom. The molecule has 1 aromatic heterocycles. The van der Waals surface area contributed by atoms with Crippen molar-refractivity contribution in [1.29, 1.82) is 0 Å². The first-order chi connectivity index (χ1) is 9.70. The first-order valence-electron chi connectivity index (χ1n) is 7.80. The average molecular weight is 288 g/mol. The number of anilines is 1. The molecule has 1 N–H and O–H groups in total. The lowest BCUT2D eigenvalue weighted by Gasteiger charge is -2.31. The molecule has 0 bridgehead atoms. The van der Waals surface area contributed by atoms with Gasteiger partial charge in [-0.2, -0.15) is 0 Å². The standard InChI is InChI=1S/C17H24N2S/c1-12(2)8-13-4-3-5-14(9-13)19-15-6-7-16-17(10-15)20-11-18-16/h6-7,10-14,19H,3-5,8-9H2,1-2H3. The van der Waals surface area contributed by atoms with Gasteiger partial charge in [0.05, 0.1) is 15.7 Å². The van der Waals surface area contributed by atoms with Gasteiger partial charge in [-0.3, -0.25) is 0 Å². The Bertz CT molecular complexity index is 561. The number of hydrogen-bond acceptors (Lipinski definition) is 3. The molecule has 108 valence electrons. The van der Waals surface area contributed by atoms with Gasteiger partial charge in [-0.1, -0.05) is 26.7 Å². The lowest BCUT2D eigenvalue weighted by Crippen LogP contribution is -2.27. The smallest absolute Gasteiger partial charge is 0.0813 e. The van der Waals surface area contributed by atoms with Crippen LogP contribution in [-0.2, 0) is 0 Å². The molecule has 1 heterocycles. The van der Waals surface area contributed by atoms with Gasteiger partial charge in [0.2, 0.25) is 0 Å². The molecule has 2 atom stereocenters. The lowest BCUT2D eigenvalue weighted by atomic mass is 9.81. The van der Waals surface area contributed by atoms with Crippen LogP contribution in [-0.4, -0.2) is 11.0 Å². The molecule has 2 unspecified atom stereocenters. The van der Waals surface area contributed by atoms with Crippen molar-refractivity contribution in [3.63, 3.8) is 0 Å². The van der Waals surface area contributed by atoms with E-state index in [4.69, 9.17) is 0 Å². The van der Waals surface area contributed by atoms with E-state index in [1.807, 2.05) is 5.51 Å². The van der Waals surface area contributed by atoms with Crippen LogP contribution in [0.3, 0.4) is 0 Å². The molecule has 3 heteroatoms. The van der Waals surface area contributed by atoms with Gasteiger partial charge >= 0.3 is 0 Å². The second kappa shape index (κ2) is 6.13. The van der Waals surface area contributed by atoms with Crippen molar-refractivity contribution in [2.45, 2.75) is 52.0 Å². The zero-order valence-electron chi connectivity index (χ0n) is 12.4. The summed E-state index contributed by atoms with van der Waals surface area (Å²) in [4.78, 5) is 4.34. The SMILES string of the molecule is CC(C)CC1CCCC(Nc2ccc3ncsc3c2)C1. The molecule has 1 saturated carbocycles. The number of nitrogens with zero attached hydrogens (tertiary/aromatic N) is 1. The van der Waals surface area contributed by atoms with Crippen LogP contribution in [0.2, 0.25) is 0 Å². The topological polar surface area (TPSA) is 24.9 Å². The molecule has 1 fully saturated rings. The highest BCUT2D eigenvalue weighted by Gasteiger charge is 2.22. The first-order valence-corrected chi connectivity index (χ1v) is 8.68. The van der Waals surface area contributed by atoms with Crippen LogP contribution in [0, 0.1) is 11.8 Å². The summed E-state index contributed by atoms with van der Waals surface area (Å²) in [5.74, 6) is 1.74. The second-order valence-electron chi connectivity index (χ2n) is 6.54. The van der Waals surface area contributed by atoms with Crippen molar-refractivity contribution in [2.24, 2.45) is 11.8 Å². The summed E-state index contributed by atoms with van der Waals surface area (Å²) >= 11 is 1.72. The van der Waals surface area contributed by atoms with Gasteiger partial charge in [0, 0.05) is 11.7 Å². The van der Waals surface area contributed by atoms with Crippen LogP contribution in [0.15, 0.2) is 23.7 Å². The average Bonchev–Trinajstić information content (AvgIpc) is 2.85. The van der Waals surface area contributed by atoms with E-state index in [0.717, 1.165) is 17.4 Å². The summed E-state index contributed by atoms with van der Waals surface area (Å²) < 4.78 is 1.28. The molecule has 2 nitrogen and oxygen atoms in total. The monoisotopic (exact) mass is 288 g/mol. The number of benzene rings is 1. The summed E-state index contributed by atoms with van der Waals surface area (Å²) in [7, 11) is 0. The molecule has 0 radical (unpaired) electrons. The minimum Gasteiger partial charge on any atom is -0.382 e. The largest absolute Gasteiger partial charge is 0.382 e. The van der Waals surface area contributed by atoms with E-state index in [2.05, 4.69) is 42.3 Å². The molecular weight excluding hydrogens is 264 g/mol. The number of fused-ring (bicyclic) bond motifs is 1. The highest BCUT2D eigenvalue weighted by atomic mass is 32.1. The van der Waals surface area contributed by atoms with Crippen LogP contribution >= 0.6 is 11.3 Å². The molecule has 0 amide bonds. The minimum absolute atomic E-state index is 0.651. The van der Waals surface area contributed by atoms with Gasteiger partial charge in [0.1, 0.15) is 0 Å². The van der Waals surface area contributed by atoms with E-state index < -0.39 is 0 Å². The Labute approximate surface area is 125 Å². The Balaban J connectivity index is 1.64. The molecule has 20 heavy (non-hydrogen) atoms. The summed E-state index contributed by atoms with van der Waals surface area (Å²) in [5, 5.41) is 3.74. The molecule has 0 saturated heterocycles. The number of aromatic nitrogens is 1. The number of hydrogen-bond donors (Lipinski definition) is 1. The number of rotatable bonds is 4. The van der Waals surface area contributed by atoms with Gasteiger partial charge < -0.3 is 5.32 Å². The van der Waals surface area contributed by atoms with Crippen molar-refractivity contribution in [3.05, 3.63) is 23.7 Å². The van der Waals surface area contributed by atoms with Crippen LogP contribution in [0.25, 0.3) is 10.2 Å².